The van der Waals surface area contributed by atoms with Crippen LogP contribution in [0.25, 0.3) is 0 Å². The van der Waals surface area contributed by atoms with E-state index in [2.05, 4.69) is 21.2 Å². The molecule has 1 heterocycles. The van der Waals surface area contributed by atoms with Crippen molar-refractivity contribution in [1.82, 2.24) is 10.2 Å². The molecule has 106 valence electrons. The van der Waals surface area contributed by atoms with Gasteiger partial charge in [-0.25, -0.2) is 4.39 Å². The molecule has 2 rings (SSSR count). The normalized spacial score (nSPS) is 14.7. The first-order valence-corrected chi connectivity index (χ1v) is 6.52. The van der Waals surface area contributed by atoms with Crippen LogP contribution >= 0.6 is 28.3 Å². The first-order valence-electron chi connectivity index (χ1n) is 5.73. The molecule has 0 bridgehead atoms. The van der Waals surface area contributed by atoms with Gasteiger partial charge in [-0.3, -0.25) is 4.79 Å². The van der Waals surface area contributed by atoms with E-state index in [1.807, 2.05) is 0 Å². The van der Waals surface area contributed by atoms with Crippen molar-refractivity contribution < 1.29 is 13.9 Å². The van der Waals surface area contributed by atoms with Crippen LogP contribution in [0.2, 0.25) is 0 Å². The number of benzene rings is 1. The molecular formula is C12H15BrClFN2O2. The Morgan fingerprint density at radius 1 is 1.42 bits per heavy atom. The molecule has 1 saturated heterocycles. The summed E-state index contributed by atoms with van der Waals surface area (Å²) in [4.78, 5) is 13.6. The second-order valence-electron chi connectivity index (χ2n) is 3.99. The lowest BCUT2D eigenvalue weighted by Crippen LogP contribution is -2.47. The first kappa shape index (κ1) is 16.2. The van der Waals surface area contributed by atoms with Gasteiger partial charge in [0.2, 0.25) is 0 Å². The molecule has 0 spiro atoms. The Balaban J connectivity index is 0.00000180. The summed E-state index contributed by atoms with van der Waals surface area (Å²) >= 11 is 3.19. The Labute approximate surface area is 125 Å². The zero-order valence-corrected chi connectivity index (χ0v) is 12.6. The summed E-state index contributed by atoms with van der Waals surface area (Å²) in [6.07, 6.45) is 0. The van der Waals surface area contributed by atoms with Gasteiger partial charge < -0.3 is 15.0 Å². The minimum absolute atomic E-state index is 0. The van der Waals surface area contributed by atoms with E-state index < -0.39 is 0 Å². The topological polar surface area (TPSA) is 41.6 Å². The molecule has 19 heavy (non-hydrogen) atoms. The van der Waals surface area contributed by atoms with E-state index in [4.69, 9.17) is 4.74 Å². The van der Waals surface area contributed by atoms with E-state index >= 15 is 0 Å². The van der Waals surface area contributed by atoms with Crippen LogP contribution in [-0.4, -0.2) is 43.6 Å². The summed E-state index contributed by atoms with van der Waals surface area (Å²) in [7, 11) is 0. The number of halogens is 3. The van der Waals surface area contributed by atoms with Crippen LogP contribution in [0.1, 0.15) is 0 Å². The highest BCUT2D eigenvalue weighted by atomic mass is 79.9. The smallest absolute Gasteiger partial charge is 0.260 e. The predicted octanol–water partition coefficient (Wildman–Crippen LogP) is 1.82. The van der Waals surface area contributed by atoms with Gasteiger partial charge in [0.25, 0.3) is 5.91 Å². The van der Waals surface area contributed by atoms with Gasteiger partial charge in [0, 0.05) is 26.2 Å². The average molecular weight is 354 g/mol. The Kier molecular flexibility index (Phi) is 6.54. The van der Waals surface area contributed by atoms with Gasteiger partial charge in [0.1, 0.15) is 11.6 Å². The zero-order valence-electron chi connectivity index (χ0n) is 10.2. The summed E-state index contributed by atoms with van der Waals surface area (Å²) in [5.41, 5.74) is 0. The molecule has 4 nitrogen and oxygen atoms in total. The van der Waals surface area contributed by atoms with Gasteiger partial charge in [0.15, 0.2) is 6.61 Å². The minimum Gasteiger partial charge on any atom is -0.483 e. The Bertz CT molecular complexity index is 442. The lowest BCUT2D eigenvalue weighted by atomic mass is 10.3. The lowest BCUT2D eigenvalue weighted by Gasteiger charge is -2.27. The van der Waals surface area contributed by atoms with Gasteiger partial charge in [-0.2, -0.15) is 0 Å². The van der Waals surface area contributed by atoms with Gasteiger partial charge in [0.05, 0.1) is 4.47 Å². The summed E-state index contributed by atoms with van der Waals surface area (Å²) in [5.74, 6) is 0.0789. The summed E-state index contributed by atoms with van der Waals surface area (Å²) in [6.45, 7) is 3.00. The Morgan fingerprint density at radius 3 is 2.74 bits per heavy atom. The maximum Gasteiger partial charge on any atom is 0.260 e. The van der Waals surface area contributed by atoms with Crippen LogP contribution < -0.4 is 10.1 Å². The monoisotopic (exact) mass is 352 g/mol. The molecule has 1 aliphatic heterocycles. The van der Waals surface area contributed by atoms with E-state index in [-0.39, 0.29) is 30.7 Å². The fourth-order valence-corrected chi connectivity index (χ4v) is 2.20. The van der Waals surface area contributed by atoms with Crippen molar-refractivity contribution >= 4 is 34.2 Å². The molecule has 1 aromatic rings. The molecule has 1 fully saturated rings. The van der Waals surface area contributed by atoms with Crippen molar-refractivity contribution in [3.63, 3.8) is 0 Å². The van der Waals surface area contributed by atoms with E-state index in [1.54, 1.807) is 4.90 Å². The fraction of sp³-hybridized carbons (Fsp3) is 0.417. The van der Waals surface area contributed by atoms with Crippen molar-refractivity contribution in [3.05, 3.63) is 28.5 Å². The highest BCUT2D eigenvalue weighted by Gasteiger charge is 2.16. The minimum atomic E-state index is -0.345. The number of carbonyl (C=O) groups is 1. The number of piperazine rings is 1. The van der Waals surface area contributed by atoms with Crippen molar-refractivity contribution in [1.29, 1.82) is 0 Å². The molecule has 0 atom stereocenters. The van der Waals surface area contributed by atoms with Gasteiger partial charge in [-0.15, -0.1) is 12.4 Å². The molecular weight excluding hydrogens is 338 g/mol. The molecule has 1 aromatic carbocycles. The first-order chi connectivity index (χ1) is 8.66. The SMILES string of the molecule is Cl.O=C(COc1ccc(F)cc1Br)N1CCNCC1. The van der Waals surface area contributed by atoms with Crippen LogP contribution in [0.5, 0.6) is 5.75 Å². The molecule has 1 N–H and O–H groups in total. The number of amides is 1. The maximum absolute atomic E-state index is 12.9. The third kappa shape index (κ3) is 4.63. The number of carbonyl (C=O) groups excluding carboxylic acids is 1. The molecule has 1 amide bonds. The molecule has 0 aliphatic carbocycles. The highest BCUT2D eigenvalue weighted by Crippen LogP contribution is 2.25. The van der Waals surface area contributed by atoms with Crippen molar-refractivity contribution in [2.45, 2.75) is 0 Å². The quantitative estimate of drug-likeness (QED) is 0.901. The summed E-state index contributed by atoms with van der Waals surface area (Å²) in [5, 5.41) is 3.17. The van der Waals surface area contributed by atoms with Gasteiger partial charge in [-0.05, 0) is 34.1 Å². The third-order valence-corrected chi connectivity index (χ3v) is 3.33. The van der Waals surface area contributed by atoms with Crippen LogP contribution in [0.15, 0.2) is 22.7 Å². The Hall–Kier alpha value is -0.850. The fourth-order valence-electron chi connectivity index (χ4n) is 1.74. The number of rotatable bonds is 3. The largest absolute Gasteiger partial charge is 0.483 e. The van der Waals surface area contributed by atoms with Crippen molar-refractivity contribution in [2.24, 2.45) is 0 Å². The number of nitrogens with one attached hydrogen (secondary N) is 1. The van der Waals surface area contributed by atoms with E-state index in [0.717, 1.165) is 13.1 Å². The second kappa shape index (κ2) is 7.67. The standard InChI is InChI=1S/C12H14BrFN2O2.ClH/c13-10-7-9(14)1-2-11(10)18-8-12(17)16-5-3-15-4-6-16;/h1-2,7,15H,3-6,8H2;1H. The molecule has 0 unspecified atom stereocenters. The van der Waals surface area contributed by atoms with Crippen LogP contribution in [-0.2, 0) is 4.79 Å². The Morgan fingerprint density at radius 2 is 2.11 bits per heavy atom. The average Bonchev–Trinajstić information content (AvgIpc) is 2.38. The maximum atomic E-state index is 12.9. The molecule has 0 saturated carbocycles. The highest BCUT2D eigenvalue weighted by molar-refractivity contribution is 9.10. The van der Waals surface area contributed by atoms with E-state index in [1.165, 1.54) is 18.2 Å². The van der Waals surface area contributed by atoms with Crippen LogP contribution in [0.4, 0.5) is 4.39 Å². The molecule has 1 aliphatic rings. The third-order valence-electron chi connectivity index (χ3n) is 2.71. The lowest BCUT2D eigenvalue weighted by molar-refractivity contribution is -0.133. The predicted molar refractivity (Wildman–Crippen MR) is 76.3 cm³/mol. The van der Waals surface area contributed by atoms with E-state index in [9.17, 15) is 9.18 Å². The summed E-state index contributed by atoms with van der Waals surface area (Å²) in [6, 6.07) is 4.12. The summed E-state index contributed by atoms with van der Waals surface area (Å²) < 4.78 is 18.8. The molecule has 0 aromatic heterocycles. The number of ether oxygens (including phenoxy) is 1. The van der Waals surface area contributed by atoms with E-state index in [0.29, 0.717) is 23.3 Å². The molecule has 7 heteroatoms. The van der Waals surface area contributed by atoms with Crippen LogP contribution in [0, 0.1) is 5.82 Å². The van der Waals surface area contributed by atoms with Crippen LogP contribution in [0.3, 0.4) is 0 Å². The van der Waals surface area contributed by atoms with Crippen molar-refractivity contribution in [3.8, 4) is 5.75 Å². The number of hydrogen-bond acceptors (Lipinski definition) is 3. The second-order valence-corrected chi connectivity index (χ2v) is 4.85. The van der Waals surface area contributed by atoms with Gasteiger partial charge >= 0.3 is 0 Å². The molecule has 0 radical (unpaired) electrons. The zero-order chi connectivity index (χ0) is 13.0. The van der Waals surface area contributed by atoms with Crippen molar-refractivity contribution in [2.75, 3.05) is 32.8 Å². The van der Waals surface area contributed by atoms with Gasteiger partial charge in [-0.1, -0.05) is 0 Å². The number of hydrogen-bond donors (Lipinski definition) is 1. The number of nitrogens with zero attached hydrogens (tertiary/aromatic N) is 1.